The third-order valence-corrected chi connectivity index (χ3v) is 3.52. The Morgan fingerprint density at radius 3 is 2.62 bits per heavy atom. The topological polar surface area (TPSA) is 83.3 Å². The predicted molar refractivity (Wildman–Crippen MR) is 75.9 cm³/mol. The molecular formula is C13H12BrN3O4. The molecule has 1 aromatic heterocycles. The summed E-state index contributed by atoms with van der Waals surface area (Å²) in [4.78, 5) is 22.9. The number of aromatic nitrogens is 3. The molecule has 110 valence electrons. The van der Waals surface area contributed by atoms with E-state index >= 15 is 0 Å². The molecule has 1 heterocycles. The Hall–Kier alpha value is -2.22. The molecule has 0 radical (unpaired) electrons. The van der Waals surface area contributed by atoms with Gasteiger partial charge in [-0.15, -0.1) is 5.10 Å². The molecule has 0 spiro atoms. The number of benzene rings is 1. The highest BCUT2D eigenvalue weighted by Gasteiger charge is 2.18. The summed E-state index contributed by atoms with van der Waals surface area (Å²) in [5.41, 5.74) is 1.36. The first kappa shape index (κ1) is 15.2. The van der Waals surface area contributed by atoms with Crippen molar-refractivity contribution in [2.45, 2.75) is 6.54 Å². The molecule has 0 atom stereocenters. The summed E-state index contributed by atoms with van der Waals surface area (Å²) in [6.07, 6.45) is 0. The Balaban J connectivity index is 2.25. The summed E-state index contributed by atoms with van der Waals surface area (Å²) in [7, 11) is 2.60. The molecule has 0 saturated heterocycles. The van der Waals surface area contributed by atoms with Crippen LogP contribution in [0, 0.1) is 0 Å². The van der Waals surface area contributed by atoms with Gasteiger partial charge in [-0.1, -0.05) is 17.3 Å². The molecule has 0 amide bonds. The van der Waals surface area contributed by atoms with Crippen molar-refractivity contribution in [3.8, 4) is 0 Å². The summed E-state index contributed by atoms with van der Waals surface area (Å²) in [5.74, 6) is -0.985. The maximum atomic E-state index is 11.5. The maximum Gasteiger partial charge on any atom is 0.361 e. The number of ether oxygens (including phenoxy) is 2. The summed E-state index contributed by atoms with van der Waals surface area (Å²) in [6.45, 7) is 0.343. The van der Waals surface area contributed by atoms with Gasteiger partial charge in [0.1, 0.15) is 4.60 Å². The molecule has 21 heavy (non-hydrogen) atoms. The Bertz CT molecular complexity index is 684. The van der Waals surface area contributed by atoms with Crippen LogP contribution in [0.2, 0.25) is 0 Å². The van der Waals surface area contributed by atoms with E-state index in [2.05, 4.69) is 35.7 Å². The van der Waals surface area contributed by atoms with E-state index < -0.39 is 11.9 Å². The Morgan fingerprint density at radius 1 is 1.24 bits per heavy atom. The fourth-order valence-electron chi connectivity index (χ4n) is 1.71. The van der Waals surface area contributed by atoms with E-state index in [9.17, 15) is 9.59 Å². The van der Waals surface area contributed by atoms with Gasteiger partial charge in [-0.2, -0.15) is 0 Å². The molecule has 0 aliphatic carbocycles. The van der Waals surface area contributed by atoms with Gasteiger partial charge in [0.05, 0.1) is 26.3 Å². The van der Waals surface area contributed by atoms with Crippen molar-refractivity contribution in [3.63, 3.8) is 0 Å². The number of carbonyl (C=O) groups is 2. The number of hydrogen-bond donors (Lipinski definition) is 0. The number of nitrogens with zero attached hydrogens (tertiary/aromatic N) is 3. The highest BCUT2D eigenvalue weighted by molar-refractivity contribution is 9.10. The highest BCUT2D eigenvalue weighted by Crippen LogP contribution is 2.17. The SMILES string of the molecule is COC(=O)c1cccc(Cn2nnc(C(=O)OC)c2Br)c1. The lowest BCUT2D eigenvalue weighted by molar-refractivity contribution is 0.0587. The van der Waals surface area contributed by atoms with E-state index in [1.807, 2.05) is 6.07 Å². The second-order valence-corrected chi connectivity index (χ2v) is 4.82. The number of halogens is 1. The zero-order chi connectivity index (χ0) is 15.4. The average Bonchev–Trinajstić information content (AvgIpc) is 2.87. The first-order valence-corrected chi connectivity index (χ1v) is 6.70. The second kappa shape index (κ2) is 6.49. The van der Waals surface area contributed by atoms with Crippen molar-refractivity contribution in [2.75, 3.05) is 14.2 Å². The molecule has 8 heteroatoms. The molecule has 0 fully saturated rings. The third kappa shape index (κ3) is 3.27. The van der Waals surface area contributed by atoms with Gasteiger partial charge in [-0.25, -0.2) is 14.3 Å². The van der Waals surface area contributed by atoms with Crippen LogP contribution in [-0.4, -0.2) is 41.2 Å². The van der Waals surface area contributed by atoms with Crippen LogP contribution >= 0.6 is 15.9 Å². The molecule has 0 aliphatic rings. The van der Waals surface area contributed by atoms with Crippen LogP contribution in [0.5, 0.6) is 0 Å². The van der Waals surface area contributed by atoms with Crippen LogP contribution < -0.4 is 0 Å². The molecule has 2 rings (SSSR count). The minimum atomic E-state index is -0.573. The minimum absolute atomic E-state index is 0.0987. The molecule has 7 nitrogen and oxygen atoms in total. The second-order valence-electron chi connectivity index (χ2n) is 4.07. The largest absolute Gasteiger partial charge is 0.465 e. The van der Waals surface area contributed by atoms with Gasteiger partial charge < -0.3 is 9.47 Å². The quantitative estimate of drug-likeness (QED) is 0.777. The molecule has 0 saturated carbocycles. The van der Waals surface area contributed by atoms with E-state index in [1.165, 1.54) is 18.9 Å². The summed E-state index contributed by atoms with van der Waals surface area (Å²) < 4.78 is 11.2. The van der Waals surface area contributed by atoms with Gasteiger partial charge in [0.15, 0.2) is 0 Å². The van der Waals surface area contributed by atoms with Crippen molar-refractivity contribution in [1.29, 1.82) is 0 Å². The lowest BCUT2D eigenvalue weighted by Crippen LogP contribution is -2.06. The van der Waals surface area contributed by atoms with Crippen LogP contribution in [0.3, 0.4) is 0 Å². The van der Waals surface area contributed by atoms with Crippen molar-refractivity contribution < 1.29 is 19.1 Å². The Kier molecular flexibility index (Phi) is 4.69. The molecular weight excluding hydrogens is 342 g/mol. The predicted octanol–water partition coefficient (Wildman–Crippen LogP) is 1.66. The first-order valence-electron chi connectivity index (χ1n) is 5.91. The normalized spacial score (nSPS) is 10.2. The van der Waals surface area contributed by atoms with Gasteiger partial charge in [0.25, 0.3) is 0 Å². The van der Waals surface area contributed by atoms with Gasteiger partial charge in [0, 0.05) is 0 Å². The molecule has 0 unspecified atom stereocenters. The average molecular weight is 354 g/mol. The third-order valence-electron chi connectivity index (χ3n) is 2.73. The number of esters is 2. The fraction of sp³-hybridized carbons (Fsp3) is 0.231. The van der Waals surface area contributed by atoms with E-state index in [1.54, 1.807) is 18.2 Å². The van der Waals surface area contributed by atoms with Crippen LogP contribution in [0.25, 0.3) is 0 Å². The lowest BCUT2D eigenvalue weighted by Gasteiger charge is -2.05. The van der Waals surface area contributed by atoms with Crippen LogP contribution in [0.15, 0.2) is 28.9 Å². The number of hydrogen-bond acceptors (Lipinski definition) is 6. The summed E-state index contributed by atoms with van der Waals surface area (Å²) in [5, 5.41) is 7.63. The lowest BCUT2D eigenvalue weighted by atomic mass is 10.1. The fourth-order valence-corrected chi connectivity index (χ4v) is 2.15. The Labute approximate surface area is 129 Å². The zero-order valence-electron chi connectivity index (χ0n) is 11.4. The van der Waals surface area contributed by atoms with E-state index in [0.29, 0.717) is 16.7 Å². The van der Waals surface area contributed by atoms with E-state index in [-0.39, 0.29) is 5.69 Å². The summed E-state index contributed by atoms with van der Waals surface area (Å²) >= 11 is 3.26. The van der Waals surface area contributed by atoms with Crippen LogP contribution in [0.1, 0.15) is 26.4 Å². The number of carbonyl (C=O) groups excluding carboxylic acids is 2. The molecule has 0 bridgehead atoms. The number of rotatable bonds is 4. The smallest absolute Gasteiger partial charge is 0.361 e. The first-order chi connectivity index (χ1) is 10.1. The van der Waals surface area contributed by atoms with Gasteiger partial charge in [-0.3, -0.25) is 0 Å². The molecule has 0 N–H and O–H groups in total. The van der Waals surface area contributed by atoms with E-state index in [0.717, 1.165) is 5.56 Å². The monoisotopic (exact) mass is 353 g/mol. The molecule has 2 aromatic rings. The van der Waals surface area contributed by atoms with Gasteiger partial charge in [0.2, 0.25) is 5.69 Å². The highest BCUT2D eigenvalue weighted by atomic mass is 79.9. The minimum Gasteiger partial charge on any atom is -0.465 e. The zero-order valence-corrected chi connectivity index (χ0v) is 13.0. The van der Waals surface area contributed by atoms with Crippen molar-refractivity contribution in [2.24, 2.45) is 0 Å². The van der Waals surface area contributed by atoms with Gasteiger partial charge in [-0.05, 0) is 33.6 Å². The number of methoxy groups -OCH3 is 2. The summed E-state index contributed by atoms with van der Waals surface area (Å²) in [6, 6.07) is 6.93. The van der Waals surface area contributed by atoms with Gasteiger partial charge >= 0.3 is 11.9 Å². The molecule has 0 aliphatic heterocycles. The Morgan fingerprint density at radius 2 is 1.95 bits per heavy atom. The van der Waals surface area contributed by atoms with Crippen LogP contribution in [0.4, 0.5) is 0 Å². The maximum absolute atomic E-state index is 11.5. The standard InChI is InChI=1S/C13H12BrN3O4/c1-20-12(18)9-5-3-4-8(6-9)7-17-11(14)10(15-16-17)13(19)21-2/h3-6H,7H2,1-2H3. The van der Waals surface area contributed by atoms with Crippen molar-refractivity contribution in [3.05, 3.63) is 45.7 Å². The van der Waals surface area contributed by atoms with E-state index in [4.69, 9.17) is 0 Å². The van der Waals surface area contributed by atoms with Crippen LogP contribution in [-0.2, 0) is 16.0 Å². The van der Waals surface area contributed by atoms with Crippen molar-refractivity contribution >= 4 is 27.9 Å². The van der Waals surface area contributed by atoms with Crippen molar-refractivity contribution in [1.82, 2.24) is 15.0 Å². The molecule has 1 aromatic carbocycles.